The largest absolute Gasteiger partial charge is 0.478 e. The molecule has 0 amide bonds. The standard InChI is InChI=1S/C20H14FN3O3/c1-11-2-4-17(14(8-11)20(25)26)24-18-13-9-12(21)3-5-16(13)23-10-15(18)19-22-6-7-27-19/h2-10H,1H3,(H,23,24)(H,25,26). The maximum absolute atomic E-state index is 13.9. The van der Waals surface area contributed by atoms with E-state index in [0.717, 1.165) is 5.56 Å². The molecule has 0 aliphatic rings. The number of anilines is 2. The van der Waals surface area contributed by atoms with Gasteiger partial charge in [0.15, 0.2) is 0 Å². The van der Waals surface area contributed by atoms with Crippen LogP contribution in [0.1, 0.15) is 15.9 Å². The third-order valence-electron chi connectivity index (χ3n) is 4.16. The number of carbonyl (C=O) groups is 1. The second-order valence-electron chi connectivity index (χ2n) is 6.02. The van der Waals surface area contributed by atoms with Crippen LogP contribution in [0, 0.1) is 12.7 Å². The minimum absolute atomic E-state index is 0.106. The van der Waals surface area contributed by atoms with Crippen molar-refractivity contribution < 1.29 is 18.7 Å². The Morgan fingerprint density at radius 3 is 2.78 bits per heavy atom. The highest BCUT2D eigenvalue weighted by atomic mass is 19.1. The number of rotatable bonds is 4. The van der Waals surface area contributed by atoms with Crippen molar-refractivity contribution in [2.45, 2.75) is 6.92 Å². The lowest BCUT2D eigenvalue weighted by Gasteiger charge is -2.15. The van der Waals surface area contributed by atoms with E-state index in [2.05, 4.69) is 15.3 Å². The first-order valence-corrected chi connectivity index (χ1v) is 8.12. The lowest BCUT2D eigenvalue weighted by atomic mass is 10.1. The van der Waals surface area contributed by atoms with Crippen LogP contribution in [0.25, 0.3) is 22.4 Å². The molecule has 7 heteroatoms. The summed E-state index contributed by atoms with van der Waals surface area (Å²) in [6.07, 6.45) is 4.47. The summed E-state index contributed by atoms with van der Waals surface area (Å²) < 4.78 is 19.3. The molecular weight excluding hydrogens is 349 g/mol. The molecule has 0 fully saturated rings. The van der Waals surface area contributed by atoms with E-state index in [1.807, 2.05) is 6.92 Å². The van der Waals surface area contributed by atoms with E-state index in [9.17, 15) is 14.3 Å². The van der Waals surface area contributed by atoms with Gasteiger partial charge >= 0.3 is 5.97 Å². The third-order valence-corrected chi connectivity index (χ3v) is 4.16. The zero-order valence-electron chi connectivity index (χ0n) is 14.2. The van der Waals surface area contributed by atoms with Crippen molar-refractivity contribution in [3.63, 3.8) is 0 Å². The number of halogens is 1. The van der Waals surface area contributed by atoms with Crippen molar-refractivity contribution in [3.8, 4) is 11.5 Å². The quantitative estimate of drug-likeness (QED) is 0.542. The molecule has 0 unspecified atom stereocenters. The lowest BCUT2D eigenvalue weighted by Crippen LogP contribution is -2.05. The monoisotopic (exact) mass is 363 g/mol. The highest BCUT2D eigenvalue weighted by molar-refractivity contribution is 6.02. The molecule has 134 valence electrons. The van der Waals surface area contributed by atoms with Gasteiger partial charge < -0.3 is 14.8 Å². The number of aryl methyl sites for hydroxylation is 1. The minimum Gasteiger partial charge on any atom is -0.478 e. The summed E-state index contributed by atoms with van der Waals surface area (Å²) in [6, 6.07) is 9.25. The van der Waals surface area contributed by atoms with Gasteiger partial charge in [-0.1, -0.05) is 11.6 Å². The molecular formula is C20H14FN3O3. The minimum atomic E-state index is -1.07. The summed E-state index contributed by atoms with van der Waals surface area (Å²) in [5.74, 6) is -1.21. The zero-order chi connectivity index (χ0) is 19.0. The van der Waals surface area contributed by atoms with Crippen molar-refractivity contribution in [2.24, 2.45) is 0 Å². The number of hydrogen-bond acceptors (Lipinski definition) is 5. The number of aromatic carboxylic acids is 1. The molecule has 0 aliphatic carbocycles. The lowest BCUT2D eigenvalue weighted by molar-refractivity contribution is 0.0698. The van der Waals surface area contributed by atoms with E-state index in [1.54, 1.807) is 30.5 Å². The van der Waals surface area contributed by atoms with Gasteiger partial charge in [-0.05, 0) is 37.3 Å². The van der Waals surface area contributed by atoms with Gasteiger partial charge in [-0.15, -0.1) is 0 Å². The molecule has 0 saturated heterocycles. The fourth-order valence-corrected chi connectivity index (χ4v) is 2.90. The Kier molecular flexibility index (Phi) is 4.04. The molecule has 2 aromatic heterocycles. The molecule has 4 rings (SSSR count). The molecule has 0 atom stereocenters. The van der Waals surface area contributed by atoms with Gasteiger partial charge in [0.05, 0.1) is 34.2 Å². The fourth-order valence-electron chi connectivity index (χ4n) is 2.90. The van der Waals surface area contributed by atoms with Gasteiger partial charge in [0.25, 0.3) is 0 Å². The molecule has 6 nitrogen and oxygen atoms in total. The van der Waals surface area contributed by atoms with Crippen molar-refractivity contribution in [1.82, 2.24) is 9.97 Å². The second-order valence-corrected chi connectivity index (χ2v) is 6.02. The van der Waals surface area contributed by atoms with Crippen LogP contribution < -0.4 is 5.32 Å². The highest BCUT2D eigenvalue weighted by Crippen LogP contribution is 2.36. The Balaban J connectivity index is 1.96. The van der Waals surface area contributed by atoms with Crippen LogP contribution in [-0.4, -0.2) is 21.0 Å². The number of fused-ring (bicyclic) bond motifs is 1. The maximum Gasteiger partial charge on any atom is 0.337 e. The fraction of sp³-hybridized carbons (Fsp3) is 0.0500. The summed E-state index contributed by atoms with van der Waals surface area (Å²) in [4.78, 5) is 20.1. The molecule has 0 radical (unpaired) electrons. The molecule has 2 aromatic carbocycles. The van der Waals surface area contributed by atoms with Crippen molar-refractivity contribution in [1.29, 1.82) is 0 Å². The van der Waals surface area contributed by atoms with Gasteiger partial charge in [-0.3, -0.25) is 4.98 Å². The number of hydrogen-bond donors (Lipinski definition) is 2. The number of oxazole rings is 1. The van der Waals surface area contributed by atoms with E-state index in [4.69, 9.17) is 4.42 Å². The topological polar surface area (TPSA) is 88.3 Å². The Morgan fingerprint density at radius 1 is 1.19 bits per heavy atom. The Hall–Kier alpha value is -3.74. The number of benzene rings is 2. The first-order chi connectivity index (χ1) is 13.0. The number of nitrogens with one attached hydrogen (secondary N) is 1. The van der Waals surface area contributed by atoms with Crippen molar-refractivity contribution in [3.05, 3.63) is 72.0 Å². The predicted molar refractivity (Wildman–Crippen MR) is 98.6 cm³/mol. The molecule has 0 aliphatic heterocycles. The third kappa shape index (κ3) is 3.10. The van der Waals surface area contributed by atoms with Crippen LogP contribution in [0.5, 0.6) is 0 Å². The Bertz CT molecular complexity index is 1160. The van der Waals surface area contributed by atoms with Crippen LogP contribution in [0.15, 0.2) is 59.5 Å². The molecule has 0 bridgehead atoms. The van der Waals surface area contributed by atoms with E-state index in [-0.39, 0.29) is 5.56 Å². The number of nitrogens with zero attached hydrogens (tertiary/aromatic N) is 2. The van der Waals surface area contributed by atoms with Gasteiger partial charge in [-0.25, -0.2) is 14.2 Å². The molecule has 27 heavy (non-hydrogen) atoms. The number of aromatic nitrogens is 2. The van der Waals surface area contributed by atoms with Crippen molar-refractivity contribution in [2.75, 3.05) is 5.32 Å². The van der Waals surface area contributed by atoms with Crippen molar-refractivity contribution >= 4 is 28.2 Å². The summed E-state index contributed by atoms with van der Waals surface area (Å²) in [5, 5.41) is 13.1. The maximum atomic E-state index is 13.9. The zero-order valence-corrected chi connectivity index (χ0v) is 14.2. The number of pyridine rings is 1. The highest BCUT2D eigenvalue weighted by Gasteiger charge is 2.18. The molecule has 0 saturated carbocycles. The van der Waals surface area contributed by atoms with Crippen LogP contribution >= 0.6 is 0 Å². The molecule has 2 heterocycles. The smallest absolute Gasteiger partial charge is 0.337 e. The number of carboxylic acid groups (broad SMARTS) is 1. The van der Waals surface area contributed by atoms with E-state index >= 15 is 0 Å². The Morgan fingerprint density at radius 2 is 2.04 bits per heavy atom. The van der Waals surface area contributed by atoms with Gasteiger partial charge in [0, 0.05) is 11.6 Å². The first-order valence-electron chi connectivity index (χ1n) is 8.12. The molecule has 0 spiro atoms. The van der Waals surface area contributed by atoms with Gasteiger partial charge in [-0.2, -0.15) is 0 Å². The second kappa shape index (κ2) is 6.53. The summed E-state index contributed by atoms with van der Waals surface area (Å²) >= 11 is 0. The normalized spacial score (nSPS) is 10.9. The van der Waals surface area contributed by atoms with Crippen LogP contribution in [0.4, 0.5) is 15.8 Å². The van der Waals surface area contributed by atoms with Gasteiger partial charge in [0.1, 0.15) is 12.1 Å². The van der Waals surface area contributed by atoms with Crippen LogP contribution in [0.2, 0.25) is 0 Å². The first kappa shape index (κ1) is 16.7. The SMILES string of the molecule is Cc1ccc(Nc2c(-c3ncco3)cnc3ccc(F)cc23)c(C(=O)O)c1. The van der Waals surface area contributed by atoms with E-state index in [1.165, 1.54) is 24.6 Å². The van der Waals surface area contributed by atoms with Gasteiger partial charge in [0.2, 0.25) is 5.89 Å². The summed E-state index contributed by atoms with van der Waals surface area (Å²) in [5.41, 5.74) is 2.81. The van der Waals surface area contributed by atoms with Crippen LogP contribution in [-0.2, 0) is 0 Å². The van der Waals surface area contributed by atoms with Crippen LogP contribution in [0.3, 0.4) is 0 Å². The predicted octanol–water partition coefficient (Wildman–Crippen LogP) is 4.78. The van der Waals surface area contributed by atoms with E-state index in [0.29, 0.717) is 33.7 Å². The number of carboxylic acids is 1. The molecule has 4 aromatic rings. The summed E-state index contributed by atoms with van der Waals surface area (Å²) in [7, 11) is 0. The average Bonchev–Trinajstić information content (AvgIpc) is 3.17. The summed E-state index contributed by atoms with van der Waals surface area (Å²) in [6.45, 7) is 1.81. The Labute approximate surface area is 153 Å². The average molecular weight is 363 g/mol. The van der Waals surface area contributed by atoms with E-state index < -0.39 is 11.8 Å². The molecule has 2 N–H and O–H groups in total.